The monoisotopic (exact) mass is 484 g/mol. The van der Waals surface area contributed by atoms with E-state index in [1.165, 1.54) is 32.1 Å². The van der Waals surface area contributed by atoms with Crippen LogP contribution in [0.2, 0.25) is 0 Å². The van der Waals surface area contributed by atoms with Gasteiger partial charge < -0.3 is 14.2 Å². The van der Waals surface area contributed by atoms with Crippen molar-refractivity contribution in [2.24, 2.45) is 51.2 Å². The van der Waals surface area contributed by atoms with Gasteiger partial charge in [0.25, 0.3) is 0 Å². The molecular formula is C30H44O5. The normalized spacial score (nSPS) is 59.8. The fourth-order valence-electron chi connectivity index (χ4n) is 12.2. The minimum Gasteiger partial charge on any atom is -0.459 e. The highest BCUT2D eigenvalue weighted by Crippen LogP contribution is 2.88. The minimum atomic E-state index is -0.698. The summed E-state index contributed by atoms with van der Waals surface area (Å²) in [5, 5.41) is 0. The molecule has 4 aliphatic carbocycles. The number of carbonyl (C=O) groups is 2. The molecule has 0 radical (unpaired) electrons. The fourth-order valence-corrected chi connectivity index (χ4v) is 12.2. The first-order valence-corrected chi connectivity index (χ1v) is 14.4. The quantitative estimate of drug-likeness (QED) is 0.393. The smallest absolute Gasteiger partial charge is 0.311 e. The van der Waals surface area contributed by atoms with Crippen LogP contribution in [-0.2, 0) is 23.8 Å². The van der Waals surface area contributed by atoms with E-state index in [9.17, 15) is 9.59 Å². The van der Waals surface area contributed by atoms with Gasteiger partial charge in [-0.05, 0) is 98.2 Å². The van der Waals surface area contributed by atoms with Crippen LogP contribution in [0.15, 0.2) is 0 Å². The van der Waals surface area contributed by atoms with E-state index in [1.807, 2.05) is 6.92 Å². The van der Waals surface area contributed by atoms with Crippen molar-refractivity contribution in [1.29, 1.82) is 0 Å². The van der Waals surface area contributed by atoms with Crippen molar-refractivity contribution in [1.82, 2.24) is 0 Å². The fraction of sp³-hybridized carbons (Fsp3) is 0.933. The Morgan fingerprint density at radius 3 is 2.23 bits per heavy atom. The summed E-state index contributed by atoms with van der Waals surface area (Å²) < 4.78 is 18.9. The van der Waals surface area contributed by atoms with Crippen LogP contribution in [0, 0.1) is 51.2 Å². The summed E-state index contributed by atoms with van der Waals surface area (Å²) in [6.45, 7) is 13.9. The second-order valence-corrected chi connectivity index (χ2v) is 15.1. The minimum absolute atomic E-state index is 0.00369. The van der Waals surface area contributed by atoms with E-state index in [0.717, 1.165) is 19.3 Å². The lowest BCUT2D eigenvalue weighted by molar-refractivity contribution is -0.276. The van der Waals surface area contributed by atoms with Crippen LogP contribution in [0.1, 0.15) is 106 Å². The van der Waals surface area contributed by atoms with E-state index in [-0.39, 0.29) is 45.8 Å². The van der Waals surface area contributed by atoms with Crippen LogP contribution in [0.25, 0.3) is 0 Å². The predicted molar refractivity (Wildman–Crippen MR) is 130 cm³/mol. The van der Waals surface area contributed by atoms with Crippen LogP contribution in [0.5, 0.6) is 0 Å². The maximum atomic E-state index is 12.6. The molecule has 3 spiro atoms. The van der Waals surface area contributed by atoms with Gasteiger partial charge in [-0.25, -0.2) is 0 Å². The number of hydrogen-bond acceptors (Lipinski definition) is 5. The van der Waals surface area contributed by atoms with E-state index < -0.39 is 5.79 Å². The molecule has 7 fully saturated rings. The van der Waals surface area contributed by atoms with Crippen molar-refractivity contribution in [3.05, 3.63) is 0 Å². The molecular weight excluding hydrogens is 440 g/mol. The van der Waals surface area contributed by atoms with Crippen LogP contribution < -0.4 is 0 Å². The van der Waals surface area contributed by atoms with Crippen molar-refractivity contribution < 1.29 is 23.8 Å². The highest BCUT2D eigenvalue weighted by atomic mass is 16.7. The van der Waals surface area contributed by atoms with Gasteiger partial charge in [0.1, 0.15) is 5.60 Å². The molecule has 11 atom stereocenters. The number of fused-ring (bicyclic) bond motifs is 4. The lowest BCUT2D eigenvalue weighted by Crippen LogP contribution is -2.56. The summed E-state index contributed by atoms with van der Waals surface area (Å²) in [7, 11) is 0. The van der Waals surface area contributed by atoms with Gasteiger partial charge in [-0.3, -0.25) is 9.59 Å². The third-order valence-electron chi connectivity index (χ3n) is 13.4. The Bertz CT molecular complexity index is 1000. The van der Waals surface area contributed by atoms with Crippen LogP contribution in [-0.4, -0.2) is 29.4 Å². The lowest BCUT2D eigenvalue weighted by Gasteiger charge is -2.61. The summed E-state index contributed by atoms with van der Waals surface area (Å²) in [6.07, 6.45) is 10.6. The summed E-state index contributed by atoms with van der Waals surface area (Å²) in [4.78, 5) is 24.9. The number of cyclic esters (lactones) is 1. The van der Waals surface area contributed by atoms with Gasteiger partial charge in [-0.1, -0.05) is 27.7 Å². The first kappa shape index (κ1) is 23.0. The summed E-state index contributed by atoms with van der Waals surface area (Å²) in [5.74, 6) is 1.31. The van der Waals surface area contributed by atoms with Crippen molar-refractivity contribution in [3.63, 3.8) is 0 Å². The highest BCUT2D eigenvalue weighted by molar-refractivity contribution is 5.74. The zero-order valence-corrected chi connectivity index (χ0v) is 22.6. The molecule has 35 heavy (non-hydrogen) atoms. The largest absolute Gasteiger partial charge is 0.459 e. The maximum absolute atomic E-state index is 12.6. The van der Waals surface area contributed by atoms with E-state index >= 15 is 0 Å². The third-order valence-corrected chi connectivity index (χ3v) is 13.4. The Balaban J connectivity index is 1.24. The molecule has 3 aliphatic heterocycles. The molecule has 3 heterocycles. The molecule has 7 rings (SSSR count). The number of carbonyl (C=O) groups excluding carboxylic acids is 2. The van der Waals surface area contributed by atoms with Gasteiger partial charge in [0, 0.05) is 25.2 Å². The Kier molecular flexibility index (Phi) is 4.26. The second-order valence-electron chi connectivity index (χ2n) is 15.1. The van der Waals surface area contributed by atoms with Gasteiger partial charge in [0.15, 0.2) is 0 Å². The number of esters is 2. The van der Waals surface area contributed by atoms with Crippen LogP contribution in [0.4, 0.5) is 0 Å². The predicted octanol–water partition coefficient (Wildman–Crippen LogP) is 6.04. The molecule has 0 unspecified atom stereocenters. The number of rotatable bonds is 0. The molecule has 194 valence electrons. The SMILES string of the molecule is C[C@@H]1C[C@]2(C[C@@H](C)[C@H]3[C@@H](C[C@]4(C)[C@@H]5CC[C@H]6C(C)(C)OC(=O)CC[C@@]67C[C@@]57CC[C@]34C)O2)OC1=O. The highest BCUT2D eigenvalue weighted by Gasteiger charge is 2.83. The standard InChI is InChI=1S/C30H44O5/c1-17-13-30(14-18(2)24(32)35-30)33-19-15-27(6)21-8-7-20-25(3,4)34-22(31)9-10-28(20)16-29(21,28)12-11-26(27,5)23(17)19/h17-21,23H,7-16H2,1-6H3/t17-,18-,19-,20+,21+,23+,26-,27-,28-,29+,30+/m1/s1. The average molecular weight is 485 g/mol. The van der Waals surface area contributed by atoms with Gasteiger partial charge in [-0.2, -0.15) is 0 Å². The van der Waals surface area contributed by atoms with Gasteiger partial charge in [0.2, 0.25) is 5.79 Å². The Labute approximate surface area is 210 Å². The molecule has 0 amide bonds. The molecule has 0 aromatic rings. The molecule has 0 N–H and O–H groups in total. The second kappa shape index (κ2) is 6.48. The third kappa shape index (κ3) is 2.55. The average Bonchev–Trinajstić information content (AvgIpc) is 3.28. The first-order chi connectivity index (χ1) is 16.3. The molecule has 0 bridgehead atoms. The van der Waals surface area contributed by atoms with Gasteiger partial charge in [0.05, 0.1) is 12.0 Å². The van der Waals surface area contributed by atoms with Crippen molar-refractivity contribution in [3.8, 4) is 0 Å². The number of ether oxygens (including phenoxy) is 3. The maximum Gasteiger partial charge on any atom is 0.311 e. The Morgan fingerprint density at radius 1 is 0.800 bits per heavy atom. The zero-order valence-electron chi connectivity index (χ0n) is 22.6. The Hall–Kier alpha value is -1.10. The topological polar surface area (TPSA) is 61.8 Å². The zero-order chi connectivity index (χ0) is 24.8. The number of hydrogen-bond donors (Lipinski definition) is 0. The van der Waals surface area contributed by atoms with Crippen LogP contribution in [0.3, 0.4) is 0 Å². The molecule has 0 aromatic heterocycles. The summed E-state index contributed by atoms with van der Waals surface area (Å²) in [6, 6.07) is 0. The molecule has 5 nitrogen and oxygen atoms in total. The van der Waals surface area contributed by atoms with E-state index in [0.29, 0.717) is 41.9 Å². The summed E-state index contributed by atoms with van der Waals surface area (Å²) in [5.41, 5.74) is 0.725. The Morgan fingerprint density at radius 2 is 1.51 bits per heavy atom. The van der Waals surface area contributed by atoms with E-state index in [4.69, 9.17) is 14.2 Å². The molecule has 3 saturated heterocycles. The van der Waals surface area contributed by atoms with E-state index in [2.05, 4.69) is 34.6 Å². The summed E-state index contributed by atoms with van der Waals surface area (Å²) >= 11 is 0. The van der Waals surface area contributed by atoms with Crippen molar-refractivity contribution >= 4 is 11.9 Å². The molecule has 0 aromatic carbocycles. The molecule has 5 heteroatoms. The van der Waals surface area contributed by atoms with Gasteiger partial charge in [-0.15, -0.1) is 0 Å². The van der Waals surface area contributed by atoms with E-state index in [1.54, 1.807) is 0 Å². The molecule has 4 saturated carbocycles. The van der Waals surface area contributed by atoms with Crippen LogP contribution >= 0.6 is 0 Å². The van der Waals surface area contributed by atoms with Crippen molar-refractivity contribution in [2.45, 2.75) is 123 Å². The lowest BCUT2D eigenvalue weighted by atomic mass is 9.43. The van der Waals surface area contributed by atoms with Gasteiger partial charge >= 0.3 is 11.9 Å². The first-order valence-electron chi connectivity index (χ1n) is 14.4. The van der Waals surface area contributed by atoms with Crippen molar-refractivity contribution in [2.75, 3.05) is 0 Å². The molecule has 7 aliphatic rings.